The fourth-order valence-electron chi connectivity index (χ4n) is 3.19. The van der Waals surface area contributed by atoms with Crippen molar-refractivity contribution in [3.05, 3.63) is 89.1 Å². The summed E-state index contributed by atoms with van der Waals surface area (Å²) in [5, 5.41) is 19.9. The average molecular weight is 450 g/mol. The van der Waals surface area contributed by atoms with Crippen LogP contribution in [0.5, 0.6) is 0 Å². The summed E-state index contributed by atoms with van der Waals surface area (Å²) in [7, 11) is 0. The minimum absolute atomic E-state index is 0.156. The molecule has 0 spiro atoms. The van der Waals surface area contributed by atoms with Gasteiger partial charge in [-0.2, -0.15) is 0 Å². The highest BCUT2D eigenvalue weighted by Gasteiger charge is 2.16. The van der Waals surface area contributed by atoms with Crippen LogP contribution in [0.1, 0.15) is 51.8 Å². The number of aromatic nitrogens is 1. The van der Waals surface area contributed by atoms with E-state index in [-0.39, 0.29) is 11.5 Å². The van der Waals surface area contributed by atoms with Gasteiger partial charge in [-0.3, -0.25) is 9.78 Å². The lowest BCUT2D eigenvalue weighted by Gasteiger charge is -2.22. The Morgan fingerprint density at radius 2 is 1.67 bits per heavy atom. The molecule has 7 nitrogen and oxygen atoms in total. The lowest BCUT2D eigenvalue weighted by molar-refractivity contribution is 0.0696. The van der Waals surface area contributed by atoms with Gasteiger partial charge in [0.2, 0.25) is 5.91 Å². The van der Waals surface area contributed by atoms with Crippen LogP contribution in [0.2, 0.25) is 0 Å². The number of rotatable bonds is 8. The monoisotopic (exact) mass is 449 g/mol. The molecule has 3 rings (SSSR count). The molecule has 0 aliphatic rings. The molecular formula is C26H31N3O4. The fraction of sp³-hybridized carbons (Fsp3) is 0.269. The molecule has 0 fully saturated rings. The van der Waals surface area contributed by atoms with Crippen LogP contribution < -0.4 is 5.73 Å². The number of hydrogen-bond acceptors (Lipinski definition) is 5. The average Bonchev–Trinajstić information content (AvgIpc) is 2.83. The van der Waals surface area contributed by atoms with Crippen LogP contribution in [-0.2, 0) is 0 Å². The molecule has 3 aromatic rings. The molecule has 1 heterocycles. The third kappa shape index (κ3) is 7.82. The van der Waals surface area contributed by atoms with Crippen LogP contribution in [0.15, 0.2) is 66.9 Å². The van der Waals surface area contributed by atoms with Crippen molar-refractivity contribution in [2.24, 2.45) is 5.73 Å². The molecule has 0 aliphatic carbocycles. The zero-order valence-corrected chi connectivity index (χ0v) is 19.2. The van der Waals surface area contributed by atoms with Gasteiger partial charge in [0.25, 0.3) is 0 Å². The maximum atomic E-state index is 11.4. The number of nitrogens with zero attached hydrogens (tertiary/aromatic N) is 2. The molecule has 1 atom stereocenters. The number of aryl methyl sites for hydroxylation is 1. The van der Waals surface area contributed by atoms with E-state index < -0.39 is 12.1 Å². The Bertz CT molecular complexity index is 1050. The number of hydrogen-bond donors (Lipinski definition) is 3. The summed E-state index contributed by atoms with van der Waals surface area (Å²) in [5.41, 5.74) is 8.71. The Morgan fingerprint density at radius 1 is 1.00 bits per heavy atom. The first kappa shape index (κ1) is 25.7. The van der Waals surface area contributed by atoms with Crippen molar-refractivity contribution >= 4 is 11.9 Å². The highest BCUT2D eigenvalue weighted by Crippen LogP contribution is 2.25. The number of carbonyl (C=O) groups is 2. The van der Waals surface area contributed by atoms with E-state index in [1.54, 1.807) is 36.5 Å². The van der Waals surface area contributed by atoms with Gasteiger partial charge in [-0.1, -0.05) is 38.1 Å². The number of carboxylic acid groups (broad SMARTS) is 1. The predicted octanol–water partition coefficient (Wildman–Crippen LogP) is 3.92. The summed E-state index contributed by atoms with van der Waals surface area (Å²) in [6, 6.07) is 17.5. The molecule has 1 amide bonds. The van der Waals surface area contributed by atoms with Crippen LogP contribution >= 0.6 is 0 Å². The van der Waals surface area contributed by atoms with Gasteiger partial charge < -0.3 is 20.8 Å². The second-order valence-corrected chi connectivity index (χ2v) is 7.60. The second-order valence-electron chi connectivity index (χ2n) is 7.60. The number of nitrogens with two attached hydrogens (primary N) is 1. The number of aromatic carboxylic acids is 1. The van der Waals surface area contributed by atoms with E-state index in [4.69, 9.17) is 5.73 Å². The minimum atomic E-state index is -1.01. The van der Waals surface area contributed by atoms with E-state index in [1.807, 2.05) is 45.0 Å². The van der Waals surface area contributed by atoms with Crippen LogP contribution in [0.25, 0.3) is 11.3 Å². The van der Waals surface area contributed by atoms with Crippen molar-refractivity contribution in [3.8, 4) is 11.3 Å². The summed E-state index contributed by atoms with van der Waals surface area (Å²) in [6.07, 6.45) is 1.00. The summed E-state index contributed by atoms with van der Waals surface area (Å²) >= 11 is 0. The summed E-state index contributed by atoms with van der Waals surface area (Å²) in [4.78, 5) is 28.3. The first-order chi connectivity index (χ1) is 15.7. The Labute approximate surface area is 194 Å². The number of carbonyl (C=O) groups excluding carboxylic acids is 1. The van der Waals surface area contributed by atoms with Crippen molar-refractivity contribution in [1.29, 1.82) is 0 Å². The Morgan fingerprint density at radius 3 is 2.15 bits per heavy atom. The molecule has 1 aromatic heterocycles. The molecule has 0 aliphatic heterocycles. The normalized spacial score (nSPS) is 11.4. The van der Waals surface area contributed by atoms with Crippen LogP contribution in [-0.4, -0.2) is 51.6 Å². The third-order valence-corrected chi connectivity index (χ3v) is 5.18. The van der Waals surface area contributed by atoms with Gasteiger partial charge in [0.05, 0.1) is 17.4 Å². The van der Waals surface area contributed by atoms with Gasteiger partial charge in [0.1, 0.15) is 0 Å². The number of aliphatic hydroxyl groups is 1. The largest absolute Gasteiger partial charge is 0.478 e. The highest BCUT2D eigenvalue weighted by atomic mass is 16.4. The van der Waals surface area contributed by atoms with Crippen molar-refractivity contribution in [1.82, 2.24) is 9.88 Å². The van der Waals surface area contributed by atoms with Crippen LogP contribution in [0.4, 0.5) is 0 Å². The Hall–Kier alpha value is -3.55. The summed E-state index contributed by atoms with van der Waals surface area (Å²) in [6.45, 7) is 8.15. The van der Waals surface area contributed by atoms with Gasteiger partial charge in [0, 0.05) is 23.9 Å². The maximum Gasteiger partial charge on any atom is 0.335 e. The predicted molar refractivity (Wildman–Crippen MR) is 129 cm³/mol. The molecule has 0 saturated heterocycles. The van der Waals surface area contributed by atoms with Crippen molar-refractivity contribution in [2.45, 2.75) is 26.9 Å². The van der Waals surface area contributed by atoms with Gasteiger partial charge in [-0.15, -0.1) is 0 Å². The molecule has 0 radical (unpaired) electrons. The lowest BCUT2D eigenvalue weighted by atomic mass is 9.99. The van der Waals surface area contributed by atoms with Crippen molar-refractivity contribution < 1.29 is 19.8 Å². The number of pyridine rings is 1. The number of carboxylic acids is 1. The first-order valence-electron chi connectivity index (χ1n) is 10.8. The van der Waals surface area contributed by atoms with Crippen molar-refractivity contribution in [3.63, 3.8) is 0 Å². The molecule has 1 unspecified atom stereocenters. The molecule has 2 aromatic carbocycles. The highest BCUT2D eigenvalue weighted by molar-refractivity contribution is 5.92. The number of amides is 1. The van der Waals surface area contributed by atoms with E-state index in [1.165, 1.54) is 6.07 Å². The van der Waals surface area contributed by atoms with E-state index in [2.05, 4.69) is 9.88 Å². The maximum absolute atomic E-state index is 11.4. The fourth-order valence-corrected chi connectivity index (χ4v) is 3.19. The van der Waals surface area contributed by atoms with Crippen LogP contribution in [0.3, 0.4) is 0 Å². The molecular weight excluding hydrogens is 418 g/mol. The SMILES string of the molecule is CCN(CC)CC(O)c1cc(C(=O)O)cc(-c2ccc(C)cn2)c1.NC(=O)c1ccccc1. The topological polar surface area (TPSA) is 117 Å². The number of aliphatic hydroxyl groups excluding tert-OH is 1. The standard InChI is InChI=1S/C19H24N2O3.C7H7NO/c1-4-21(5-2)12-18(22)15-8-14(9-16(10-15)19(23)24)17-7-6-13(3)11-20-17;8-7(9)6-4-2-1-3-5-6/h6-11,18,22H,4-5,12H2,1-3H3,(H,23,24);1-5H,(H2,8,9). The lowest BCUT2D eigenvalue weighted by Crippen LogP contribution is -2.28. The second kappa shape index (κ2) is 12.5. The number of primary amides is 1. The first-order valence-corrected chi connectivity index (χ1v) is 10.8. The third-order valence-electron chi connectivity index (χ3n) is 5.18. The Balaban J connectivity index is 0.000000357. The van der Waals surface area contributed by atoms with Gasteiger partial charge in [-0.25, -0.2) is 4.79 Å². The van der Waals surface area contributed by atoms with Gasteiger partial charge in [0.15, 0.2) is 0 Å². The zero-order valence-electron chi connectivity index (χ0n) is 19.2. The smallest absolute Gasteiger partial charge is 0.335 e. The Kier molecular flexibility index (Phi) is 9.72. The molecule has 33 heavy (non-hydrogen) atoms. The number of likely N-dealkylation sites (N-methyl/N-ethyl adjacent to an activating group) is 1. The molecule has 0 saturated carbocycles. The van der Waals surface area contributed by atoms with E-state index in [0.717, 1.165) is 18.7 Å². The quantitative estimate of drug-likeness (QED) is 0.480. The van der Waals surface area contributed by atoms with Gasteiger partial charge >= 0.3 is 5.97 Å². The number of benzene rings is 2. The molecule has 174 valence electrons. The molecule has 0 bridgehead atoms. The zero-order chi connectivity index (χ0) is 24.4. The van der Waals surface area contributed by atoms with Crippen LogP contribution in [0, 0.1) is 6.92 Å². The molecule has 7 heteroatoms. The minimum Gasteiger partial charge on any atom is -0.478 e. The van der Waals surface area contributed by atoms with E-state index in [0.29, 0.717) is 28.9 Å². The summed E-state index contributed by atoms with van der Waals surface area (Å²) < 4.78 is 0. The summed E-state index contributed by atoms with van der Waals surface area (Å²) in [5.74, 6) is -1.39. The van der Waals surface area contributed by atoms with E-state index in [9.17, 15) is 19.8 Å². The van der Waals surface area contributed by atoms with E-state index >= 15 is 0 Å². The molecule has 4 N–H and O–H groups in total. The van der Waals surface area contributed by atoms with Crippen molar-refractivity contribution in [2.75, 3.05) is 19.6 Å². The van der Waals surface area contributed by atoms with Gasteiger partial charge in [-0.05, 0) is 67.5 Å².